The van der Waals surface area contributed by atoms with Gasteiger partial charge < -0.3 is 14.9 Å². The van der Waals surface area contributed by atoms with Gasteiger partial charge >= 0.3 is 5.97 Å². The quantitative estimate of drug-likeness (QED) is 0.657. The molecule has 0 aliphatic heterocycles. The van der Waals surface area contributed by atoms with Crippen LogP contribution in [0.1, 0.15) is 23.3 Å². The Morgan fingerprint density at radius 3 is 2.83 bits per heavy atom. The summed E-state index contributed by atoms with van der Waals surface area (Å²) in [6.07, 6.45) is 0.598. The van der Waals surface area contributed by atoms with Crippen LogP contribution in [0.5, 0.6) is 0 Å². The van der Waals surface area contributed by atoms with Crippen molar-refractivity contribution in [2.45, 2.75) is 13.3 Å². The molecule has 1 heterocycles. The van der Waals surface area contributed by atoms with Crippen molar-refractivity contribution in [3.63, 3.8) is 0 Å². The third-order valence-electron chi connectivity index (χ3n) is 1.38. The van der Waals surface area contributed by atoms with Crippen molar-refractivity contribution in [1.82, 2.24) is 4.98 Å². The Bertz CT molecular complexity index is 293. The molecule has 0 fully saturated rings. The monoisotopic (exact) mass is 170 g/mol. The molecule has 0 saturated carbocycles. The summed E-state index contributed by atoms with van der Waals surface area (Å²) in [5.74, 6) is -0.123. The summed E-state index contributed by atoms with van der Waals surface area (Å²) in [5.41, 5.74) is 5.41. The van der Waals surface area contributed by atoms with E-state index < -0.39 is 5.97 Å². The number of aryl methyl sites for hydroxylation is 1. The number of nitrogen functional groups attached to an aromatic ring is 1. The molecule has 1 aromatic heterocycles. The number of aromatic nitrogens is 1. The van der Waals surface area contributed by atoms with E-state index in [4.69, 9.17) is 10.2 Å². The maximum absolute atomic E-state index is 10.9. The Kier molecular flexibility index (Phi) is 2.32. The topological polar surface area (TPSA) is 78.3 Å². The Balaban J connectivity index is 2.99. The van der Waals surface area contributed by atoms with Crippen LogP contribution in [0.25, 0.3) is 0 Å². The second kappa shape index (κ2) is 3.25. The highest BCUT2D eigenvalue weighted by Gasteiger charge is 2.17. The minimum absolute atomic E-state index is 0.0127. The van der Waals surface area contributed by atoms with E-state index in [1.807, 2.05) is 6.92 Å². The number of anilines is 1. The van der Waals surface area contributed by atoms with Crippen LogP contribution in [0.3, 0.4) is 0 Å². The highest BCUT2D eigenvalue weighted by molar-refractivity contribution is 5.91. The highest BCUT2D eigenvalue weighted by Crippen LogP contribution is 2.14. The van der Waals surface area contributed by atoms with E-state index in [0.29, 0.717) is 12.3 Å². The molecular formula is C7H10N2O3. The van der Waals surface area contributed by atoms with Crippen LogP contribution >= 0.6 is 0 Å². The summed E-state index contributed by atoms with van der Waals surface area (Å²) in [4.78, 5) is 14.8. The van der Waals surface area contributed by atoms with Gasteiger partial charge in [0.15, 0.2) is 5.89 Å². The van der Waals surface area contributed by atoms with Crippen LogP contribution in [0.4, 0.5) is 5.88 Å². The van der Waals surface area contributed by atoms with Crippen molar-refractivity contribution in [1.29, 1.82) is 0 Å². The lowest BCUT2D eigenvalue weighted by atomic mass is 10.4. The molecule has 0 aromatic carbocycles. The van der Waals surface area contributed by atoms with Gasteiger partial charge in [-0.15, -0.1) is 0 Å². The second-order valence-electron chi connectivity index (χ2n) is 2.17. The van der Waals surface area contributed by atoms with Gasteiger partial charge in [0, 0.05) is 6.42 Å². The average molecular weight is 170 g/mol. The summed E-state index contributed by atoms with van der Waals surface area (Å²) in [5, 5.41) is 0. The molecule has 0 amide bonds. The van der Waals surface area contributed by atoms with Crippen LogP contribution in [0.15, 0.2) is 4.42 Å². The molecule has 66 valence electrons. The van der Waals surface area contributed by atoms with Crippen molar-refractivity contribution >= 4 is 11.9 Å². The zero-order chi connectivity index (χ0) is 9.14. The molecule has 5 nitrogen and oxygen atoms in total. The van der Waals surface area contributed by atoms with Gasteiger partial charge in [0.25, 0.3) is 0 Å². The van der Waals surface area contributed by atoms with Gasteiger partial charge in [-0.1, -0.05) is 6.92 Å². The summed E-state index contributed by atoms with van der Waals surface area (Å²) < 4.78 is 9.39. The third kappa shape index (κ3) is 1.39. The summed E-state index contributed by atoms with van der Waals surface area (Å²) in [6, 6.07) is 0. The van der Waals surface area contributed by atoms with Gasteiger partial charge in [0.2, 0.25) is 11.6 Å². The van der Waals surface area contributed by atoms with Gasteiger partial charge in [0.05, 0.1) is 7.11 Å². The maximum Gasteiger partial charge on any atom is 0.362 e. The number of esters is 1. The smallest absolute Gasteiger partial charge is 0.362 e. The van der Waals surface area contributed by atoms with Gasteiger partial charge in [-0.25, -0.2) is 9.78 Å². The van der Waals surface area contributed by atoms with E-state index in [1.165, 1.54) is 7.11 Å². The normalized spacial score (nSPS) is 9.83. The molecule has 5 heteroatoms. The standard InChI is InChI=1S/C7H10N2O3/c1-3-4-9-5(6(8)12-4)7(10)11-2/h3,8H2,1-2H3. The van der Waals surface area contributed by atoms with Crippen LogP contribution < -0.4 is 5.73 Å². The van der Waals surface area contributed by atoms with Gasteiger partial charge in [-0.05, 0) is 0 Å². The molecule has 0 unspecified atom stereocenters. The number of nitrogens with zero attached hydrogens (tertiary/aromatic N) is 1. The predicted molar refractivity (Wildman–Crippen MR) is 41.6 cm³/mol. The summed E-state index contributed by atoms with van der Waals surface area (Å²) in [7, 11) is 1.27. The lowest BCUT2D eigenvalue weighted by Crippen LogP contribution is -2.04. The molecule has 2 N–H and O–H groups in total. The molecule has 0 aliphatic carbocycles. The summed E-state index contributed by atoms with van der Waals surface area (Å²) >= 11 is 0. The number of rotatable bonds is 2. The molecule has 0 radical (unpaired) electrons. The molecule has 12 heavy (non-hydrogen) atoms. The maximum atomic E-state index is 10.9. The Morgan fingerprint density at radius 1 is 1.75 bits per heavy atom. The van der Waals surface area contributed by atoms with Crippen LogP contribution in [0.2, 0.25) is 0 Å². The molecule has 0 spiro atoms. The number of hydrogen-bond acceptors (Lipinski definition) is 5. The number of carbonyl (C=O) groups excluding carboxylic acids is 1. The van der Waals surface area contributed by atoms with Gasteiger partial charge in [0.1, 0.15) is 0 Å². The van der Waals surface area contributed by atoms with E-state index in [1.54, 1.807) is 0 Å². The first-order valence-corrected chi connectivity index (χ1v) is 3.52. The van der Waals surface area contributed by atoms with Crippen molar-refractivity contribution in [2.24, 2.45) is 0 Å². The van der Waals surface area contributed by atoms with Crippen molar-refractivity contribution in [3.8, 4) is 0 Å². The molecule has 0 saturated heterocycles. The first kappa shape index (κ1) is 8.58. The molecule has 0 atom stereocenters. The van der Waals surface area contributed by atoms with E-state index in [-0.39, 0.29) is 11.6 Å². The minimum atomic E-state index is -0.573. The van der Waals surface area contributed by atoms with Crippen LogP contribution in [0, 0.1) is 0 Å². The number of methoxy groups -OCH3 is 1. The van der Waals surface area contributed by atoms with Crippen LogP contribution in [-0.2, 0) is 11.2 Å². The second-order valence-corrected chi connectivity index (χ2v) is 2.17. The molecule has 0 bridgehead atoms. The minimum Gasteiger partial charge on any atom is -0.464 e. The zero-order valence-corrected chi connectivity index (χ0v) is 6.96. The van der Waals surface area contributed by atoms with E-state index in [9.17, 15) is 4.79 Å². The lowest BCUT2D eigenvalue weighted by molar-refractivity contribution is 0.0595. The number of carbonyl (C=O) groups is 1. The summed E-state index contributed by atoms with van der Waals surface area (Å²) in [6.45, 7) is 1.85. The first-order valence-electron chi connectivity index (χ1n) is 3.52. The Morgan fingerprint density at radius 2 is 2.42 bits per heavy atom. The fourth-order valence-corrected chi connectivity index (χ4v) is 0.772. The Hall–Kier alpha value is -1.52. The average Bonchev–Trinajstić information content (AvgIpc) is 2.45. The molecule has 0 aliphatic rings. The van der Waals surface area contributed by atoms with E-state index >= 15 is 0 Å². The fourth-order valence-electron chi connectivity index (χ4n) is 0.772. The number of oxazole rings is 1. The van der Waals surface area contributed by atoms with E-state index in [0.717, 1.165) is 0 Å². The number of ether oxygens (including phenoxy) is 1. The number of nitrogens with two attached hydrogens (primary N) is 1. The first-order chi connectivity index (χ1) is 5.69. The fraction of sp³-hybridized carbons (Fsp3) is 0.429. The molecule has 1 rings (SSSR count). The Labute approximate surface area is 69.5 Å². The van der Waals surface area contributed by atoms with Crippen molar-refractivity contribution in [3.05, 3.63) is 11.6 Å². The van der Waals surface area contributed by atoms with Gasteiger partial charge in [-0.2, -0.15) is 0 Å². The zero-order valence-electron chi connectivity index (χ0n) is 6.96. The van der Waals surface area contributed by atoms with Crippen molar-refractivity contribution in [2.75, 3.05) is 12.8 Å². The lowest BCUT2D eigenvalue weighted by Gasteiger charge is -1.91. The number of hydrogen-bond donors (Lipinski definition) is 1. The largest absolute Gasteiger partial charge is 0.464 e. The third-order valence-corrected chi connectivity index (χ3v) is 1.38. The van der Waals surface area contributed by atoms with Crippen molar-refractivity contribution < 1.29 is 13.9 Å². The molecular weight excluding hydrogens is 160 g/mol. The predicted octanol–water partition coefficient (Wildman–Crippen LogP) is 0.606. The van der Waals surface area contributed by atoms with Gasteiger partial charge in [-0.3, -0.25) is 0 Å². The highest BCUT2D eigenvalue weighted by atomic mass is 16.5. The van der Waals surface area contributed by atoms with E-state index in [2.05, 4.69) is 9.72 Å². The van der Waals surface area contributed by atoms with Crippen LogP contribution in [-0.4, -0.2) is 18.1 Å². The molecule has 1 aromatic rings. The SMILES string of the molecule is CCc1nc(C(=O)OC)c(N)o1.